The van der Waals surface area contributed by atoms with E-state index < -0.39 is 0 Å². The SMILES string of the molecule is CCCOC(=O)c1c(NC(=S)NC(=O)c2ccc(Cn3cc(Br)cn3)cc2)sc2c1CC[C@H](C)C2. The van der Waals surface area contributed by atoms with E-state index in [2.05, 4.69) is 38.6 Å². The Bertz CT molecular complexity index is 1240. The largest absolute Gasteiger partial charge is 0.462 e. The molecule has 10 heteroatoms. The molecular formula is C25H27BrN4O3S2. The lowest BCUT2D eigenvalue weighted by molar-refractivity contribution is 0.0505. The number of amides is 1. The highest BCUT2D eigenvalue weighted by Crippen LogP contribution is 2.40. The van der Waals surface area contributed by atoms with Crippen LogP contribution in [0.5, 0.6) is 0 Å². The zero-order chi connectivity index (χ0) is 24.9. The van der Waals surface area contributed by atoms with Crippen molar-refractivity contribution in [3.63, 3.8) is 0 Å². The first-order valence-electron chi connectivity index (χ1n) is 11.5. The maximum Gasteiger partial charge on any atom is 0.341 e. The second kappa shape index (κ2) is 11.5. The molecular weight excluding hydrogens is 548 g/mol. The number of thiophene rings is 1. The molecule has 1 atom stereocenters. The summed E-state index contributed by atoms with van der Waals surface area (Å²) in [6.07, 6.45) is 7.18. The van der Waals surface area contributed by atoms with Crippen LogP contribution in [0.25, 0.3) is 0 Å². The van der Waals surface area contributed by atoms with Crippen LogP contribution in [0.4, 0.5) is 5.00 Å². The summed E-state index contributed by atoms with van der Waals surface area (Å²) in [7, 11) is 0. The fourth-order valence-electron chi connectivity index (χ4n) is 4.00. The number of anilines is 1. The van der Waals surface area contributed by atoms with Crippen LogP contribution < -0.4 is 10.6 Å². The summed E-state index contributed by atoms with van der Waals surface area (Å²) in [4.78, 5) is 26.8. The van der Waals surface area contributed by atoms with E-state index in [9.17, 15) is 9.59 Å². The molecule has 0 saturated heterocycles. The quantitative estimate of drug-likeness (QED) is 0.283. The van der Waals surface area contributed by atoms with Gasteiger partial charge in [-0.05, 0) is 83.0 Å². The molecule has 2 N–H and O–H groups in total. The number of aromatic nitrogens is 2. The standard InChI is InChI=1S/C25H27BrN4O3S2/c1-3-10-33-24(32)21-19-9-4-15(2)11-20(19)35-23(21)29-25(34)28-22(31)17-7-5-16(6-8-17)13-30-14-18(26)12-27-30/h5-8,12,14-15H,3-4,9-11,13H2,1-2H3,(H2,28,29,31,34)/t15-/m0/s1. The Balaban J connectivity index is 1.43. The van der Waals surface area contributed by atoms with Gasteiger partial charge in [0.1, 0.15) is 5.00 Å². The molecule has 1 amide bonds. The number of thiocarbonyl (C=S) groups is 1. The third-order valence-electron chi connectivity index (χ3n) is 5.77. The van der Waals surface area contributed by atoms with Gasteiger partial charge in [0.15, 0.2) is 5.11 Å². The molecule has 0 saturated carbocycles. The van der Waals surface area contributed by atoms with Crippen LogP contribution in [0.15, 0.2) is 41.1 Å². The Morgan fingerprint density at radius 2 is 2.09 bits per heavy atom. The first-order valence-corrected chi connectivity index (χ1v) is 13.6. The van der Waals surface area contributed by atoms with Crippen LogP contribution in [0.2, 0.25) is 0 Å². The van der Waals surface area contributed by atoms with Crippen molar-refractivity contribution in [2.24, 2.45) is 5.92 Å². The predicted octanol–water partition coefficient (Wildman–Crippen LogP) is 5.57. The van der Waals surface area contributed by atoms with E-state index in [0.29, 0.717) is 35.2 Å². The zero-order valence-electron chi connectivity index (χ0n) is 19.6. The average molecular weight is 576 g/mol. The van der Waals surface area contributed by atoms with Crippen LogP contribution in [-0.4, -0.2) is 33.4 Å². The topological polar surface area (TPSA) is 85.3 Å². The van der Waals surface area contributed by atoms with Crippen LogP contribution in [-0.2, 0) is 24.1 Å². The van der Waals surface area contributed by atoms with Gasteiger partial charge in [-0.25, -0.2) is 4.79 Å². The smallest absolute Gasteiger partial charge is 0.341 e. The normalized spacial score (nSPS) is 14.8. The maximum atomic E-state index is 12.8. The number of carbonyl (C=O) groups excluding carboxylic acids is 2. The highest BCUT2D eigenvalue weighted by molar-refractivity contribution is 9.10. The number of carbonyl (C=O) groups is 2. The third-order valence-corrected chi connectivity index (χ3v) is 7.55. The monoisotopic (exact) mass is 574 g/mol. The molecule has 2 aromatic heterocycles. The number of halogens is 1. The second-order valence-electron chi connectivity index (χ2n) is 8.65. The van der Waals surface area contributed by atoms with Gasteiger partial charge < -0.3 is 10.1 Å². The van der Waals surface area contributed by atoms with Crippen molar-refractivity contribution < 1.29 is 14.3 Å². The fraction of sp³-hybridized carbons (Fsp3) is 0.360. The van der Waals surface area contributed by atoms with E-state index in [4.69, 9.17) is 17.0 Å². The van der Waals surface area contributed by atoms with Crippen LogP contribution in [0.1, 0.15) is 63.4 Å². The lowest BCUT2D eigenvalue weighted by atomic mass is 9.88. The minimum Gasteiger partial charge on any atom is -0.462 e. The van der Waals surface area contributed by atoms with Gasteiger partial charge in [0.05, 0.1) is 29.4 Å². The molecule has 0 radical (unpaired) electrons. The molecule has 1 aliphatic carbocycles. The molecule has 4 rings (SSSR count). The predicted molar refractivity (Wildman–Crippen MR) is 145 cm³/mol. The van der Waals surface area contributed by atoms with E-state index in [1.54, 1.807) is 18.3 Å². The minimum atomic E-state index is -0.338. The van der Waals surface area contributed by atoms with Gasteiger partial charge in [-0.2, -0.15) is 5.10 Å². The highest BCUT2D eigenvalue weighted by Gasteiger charge is 2.29. The van der Waals surface area contributed by atoms with E-state index in [0.717, 1.165) is 41.3 Å². The molecule has 1 aliphatic rings. The summed E-state index contributed by atoms with van der Waals surface area (Å²) < 4.78 is 8.17. The Morgan fingerprint density at radius 3 is 2.77 bits per heavy atom. The Morgan fingerprint density at radius 1 is 1.31 bits per heavy atom. The molecule has 0 bridgehead atoms. The molecule has 0 aliphatic heterocycles. The van der Waals surface area contributed by atoms with Gasteiger partial charge in [0.25, 0.3) is 5.91 Å². The number of benzene rings is 1. The van der Waals surface area contributed by atoms with Crippen molar-refractivity contribution in [3.05, 3.63) is 68.3 Å². The number of nitrogens with zero attached hydrogens (tertiary/aromatic N) is 2. The summed E-state index contributed by atoms with van der Waals surface area (Å²) in [5.41, 5.74) is 3.11. The van der Waals surface area contributed by atoms with Gasteiger partial charge in [-0.15, -0.1) is 11.3 Å². The van der Waals surface area contributed by atoms with Crippen molar-refractivity contribution >= 4 is 61.5 Å². The summed E-state index contributed by atoms with van der Waals surface area (Å²) in [6, 6.07) is 7.28. The molecule has 0 fully saturated rings. The lowest BCUT2D eigenvalue weighted by Gasteiger charge is -2.18. The number of rotatable bonds is 7. The van der Waals surface area contributed by atoms with E-state index in [1.165, 1.54) is 16.2 Å². The first-order chi connectivity index (χ1) is 16.8. The lowest BCUT2D eigenvalue weighted by Crippen LogP contribution is -2.34. The first kappa shape index (κ1) is 25.5. The Hall–Kier alpha value is -2.56. The fourth-order valence-corrected chi connectivity index (χ4v) is 6.00. The molecule has 2 heterocycles. The Labute approximate surface area is 222 Å². The van der Waals surface area contributed by atoms with Gasteiger partial charge in [-0.1, -0.05) is 26.0 Å². The summed E-state index contributed by atoms with van der Waals surface area (Å²) >= 11 is 10.3. The van der Waals surface area contributed by atoms with E-state index in [1.807, 2.05) is 29.9 Å². The molecule has 184 valence electrons. The van der Waals surface area contributed by atoms with Crippen LogP contribution in [0.3, 0.4) is 0 Å². The highest BCUT2D eigenvalue weighted by atomic mass is 79.9. The third kappa shape index (κ3) is 6.36. The number of fused-ring (bicyclic) bond motifs is 1. The van der Waals surface area contributed by atoms with Gasteiger partial charge >= 0.3 is 5.97 Å². The Kier molecular flexibility index (Phi) is 8.35. The molecule has 0 spiro atoms. The summed E-state index contributed by atoms with van der Waals surface area (Å²) in [6.45, 7) is 5.15. The molecule has 1 aromatic carbocycles. The summed E-state index contributed by atoms with van der Waals surface area (Å²) in [5, 5.41) is 10.8. The molecule has 7 nitrogen and oxygen atoms in total. The molecule has 35 heavy (non-hydrogen) atoms. The number of hydrogen-bond donors (Lipinski definition) is 2. The number of esters is 1. The molecule has 3 aromatic rings. The van der Waals surface area contributed by atoms with Crippen LogP contribution in [0, 0.1) is 5.92 Å². The van der Waals surface area contributed by atoms with Crippen molar-refractivity contribution in [2.45, 2.75) is 46.1 Å². The van der Waals surface area contributed by atoms with Crippen molar-refractivity contribution in [3.8, 4) is 0 Å². The minimum absolute atomic E-state index is 0.150. The second-order valence-corrected chi connectivity index (χ2v) is 11.1. The van der Waals surface area contributed by atoms with Gasteiger partial charge in [0, 0.05) is 16.6 Å². The van der Waals surface area contributed by atoms with Crippen molar-refractivity contribution in [2.75, 3.05) is 11.9 Å². The van der Waals surface area contributed by atoms with E-state index >= 15 is 0 Å². The van der Waals surface area contributed by atoms with Gasteiger partial charge in [-0.3, -0.25) is 14.8 Å². The average Bonchev–Trinajstić information content (AvgIpc) is 3.39. The van der Waals surface area contributed by atoms with Crippen LogP contribution >= 0.6 is 39.5 Å². The van der Waals surface area contributed by atoms with Crippen molar-refractivity contribution in [1.29, 1.82) is 0 Å². The number of nitrogens with one attached hydrogen (secondary N) is 2. The maximum absolute atomic E-state index is 12.8. The summed E-state index contributed by atoms with van der Waals surface area (Å²) in [5.74, 6) is -0.0887. The zero-order valence-corrected chi connectivity index (χ0v) is 22.8. The van der Waals surface area contributed by atoms with Gasteiger partial charge in [0.2, 0.25) is 0 Å². The number of ether oxygens (including phenoxy) is 1. The van der Waals surface area contributed by atoms with E-state index in [-0.39, 0.29) is 17.0 Å². The van der Waals surface area contributed by atoms with Crippen molar-refractivity contribution in [1.82, 2.24) is 15.1 Å². The molecule has 0 unspecified atom stereocenters. The number of hydrogen-bond acceptors (Lipinski definition) is 6.